The van der Waals surface area contributed by atoms with Crippen molar-refractivity contribution < 1.29 is 28.6 Å². The number of nitrogens with zero attached hydrogens (tertiary/aromatic N) is 1. The number of amides is 1. The highest BCUT2D eigenvalue weighted by atomic mass is 35.5. The van der Waals surface area contributed by atoms with Gasteiger partial charge in [-0.1, -0.05) is 48.0 Å². The van der Waals surface area contributed by atoms with E-state index in [-0.39, 0.29) is 18.1 Å². The fraction of sp³-hybridized carbons (Fsp3) is 0.0345. The van der Waals surface area contributed by atoms with Crippen molar-refractivity contribution in [1.82, 2.24) is 5.43 Å². The van der Waals surface area contributed by atoms with Crippen LogP contribution in [0.25, 0.3) is 0 Å². The van der Waals surface area contributed by atoms with Crippen molar-refractivity contribution in [1.29, 1.82) is 0 Å². The minimum absolute atomic E-state index is 0.0765. The van der Waals surface area contributed by atoms with E-state index < -0.39 is 17.8 Å². The van der Waals surface area contributed by atoms with Gasteiger partial charge < -0.3 is 14.2 Å². The zero-order valence-electron chi connectivity index (χ0n) is 19.9. The van der Waals surface area contributed by atoms with Crippen molar-refractivity contribution in [2.24, 2.45) is 5.10 Å². The number of ether oxygens (including phenoxy) is 3. The van der Waals surface area contributed by atoms with Gasteiger partial charge in [0.15, 0.2) is 6.61 Å². The highest BCUT2D eigenvalue weighted by Gasteiger charge is 2.15. The fourth-order valence-electron chi connectivity index (χ4n) is 3.13. The average Bonchev–Trinajstić information content (AvgIpc) is 2.94. The maximum Gasteiger partial charge on any atom is 0.343 e. The topological polar surface area (TPSA) is 103 Å². The first-order chi connectivity index (χ1) is 18.5. The summed E-state index contributed by atoms with van der Waals surface area (Å²) < 4.78 is 16.4. The minimum atomic E-state index is -0.618. The van der Waals surface area contributed by atoms with Gasteiger partial charge in [0, 0.05) is 16.7 Å². The Morgan fingerprint density at radius 2 is 1.32 bits per heavy atom. The van der Waals surface area contributed by atoms with Crippen molar-refractivity contribution >= 4 is 35.7 Å². The van der Waals surface area contributed by atoms with Crippen LogP contribution in [0.3, 0.4) is 0 Å². The summed E-state index contributed by atoms with van der Waals surface area (Å²) in [6.45, 7) is -0.275. The zero-order chi connectivity index (χ0) is 26.7. The molecule has 0 aliphatic rings. The Kier molecular flexibility index (Phi) is 8.83. The van der Waals surface area contributed by atoms with Crippen LogP contribution in [0, 0.1) is 0 Å². The molecule has 0 heterocycles. The molecule has 0 aliphatic heterocycles. The second-order valence-corrected chi connectivity index (χ2v) is 8.18. The van der Waals surface area contributed by atoms with Crippen LogP contribution in [-0.4, -0.2) is 30.7 Å². The maximum atomic E-state index is 12.7. The van der Waals surface area contributed by atoms with Crippen LogP contribution in [0.15, 0.2) is 108 Å². The number of nitrogens with one attached hydrogen (secondary N) is 1. The molecule has 9 heteroatoms. The maximum absolute atomic E-state index is 12.7. The summed E-state index contributed by atoms with van der Waals surface area (Å²) in [6.07, 6.45) is 1.30. The molecule has 0 unspecified atom stereocenters. The first-order valence-corrected chi connectivity index (χ1v) is 11.7. The van der Waals surface area contributed by atoms with Gasteiger partial charge in [-0.2, -0.15) is 5.10 Å². The second kappa shape index (κ2) is 12.8. The highest BCUT2D eigenvalue weighted by Crippen LogP contribution is 2.26. The Morgan fingerprint density at radius 1 is 0.737 bits per heavy atom. The van der Waals surface area contributed by atoms with Crippen molar-refractivity contribution in [2.75, 3.05) is 6.61 Å². The van der Waals surface area contributed by atoms with E-state index in [2.05, 4.69) is 10.5 Å². The molecule has 0 spiro atoms. The lowest BCUT2D eigenvalue weighted by molar-refractivity contribution is -0.123. The van der Waals surface area contributed by atoms with Gasteiger partial charge >= 0.3 is 11.9 Å². The van der Waals surface area contributed by atoms with Gasteiger partial charge in [-0.25, -0.2) is 15.0 Å². The summed E-state index contributed by atoms with van der Waals surface area (Å²) in [5.74, 6) is -0.982. The Hall–Kier alpha value is -4.95. The van der Waals surface area contributed by atoms with E-state index in [1.807, 2.05) is 0 Å². The molecule has 0 atom stereocenters. The molecule has 0 saturated heterocycles. The third-order valence-corrected chi connectivity index (χ3v) is 5.25. The van der Waals surface area contributed by atoms with Gasteiger partial charge in [0.1, 0.15) is 17.2 Å². The first-order valence-electron chi connectivity index (χ1n) is 11.4. The number of carbonyl (C=O) groups is 3. The quantitative estimate of drug-likeness (QED) is 0.137. The van der Waals surface area contributed by atoms with Gasteiger partial charge in [-0.15, -0.1) is 0 Å². The first kappa shape index (κ1) is 26.1. The average molecular weight is 529 g/mol. The van der Waals surface area contributed by atoms with Crippen LogP contribution < -0.4 is 19.6 Å². The van der Waals surface area contributed by atoms with E-state index in [0.29, 0.717) is 27.5 Å². The van der Waals surface area contributed by atoms with Gasteiger partial charge in [0.25, 0.3) is 5.91 Å². The number of hydrogen-bond acceptors (Lipinski definition) is 7. The molecule has 0 bridgehead atoms. The van der Waals surface area contributed by atoms with E-state index in [1.54, 1.807) is 91.0 Å². The summed E-state index contributed by atoms with van der Waals surface area (Å²) in [4.78, 5) is 37.2. The zero-order valence-corrected chi connectivity index (χ0v) is 20.6. The normalized spacial score (nSPS) is 10.6. The lowest BCUT2D eigenvalue weighted by Gasteiger charge is -2.10. The van der Waals surface area contributed by atoms with Crippen molar-refractivity contribution in [2.45, 2.75) is 0 Å². The molecule has 0 saturated carbocycles. The third kappa shape index (κ3) is 7.52. The summed E-state index contributed by atoms with van der Waals surface area (Å²) in [6, 6.07) is 27.9. The summed E-state index contributed by atoms with van der Waals surface area (Å²) >= 11 is 5.83. The van der Waals surface area contributed by atoms with Crippen LogP contribution in [0.5, 0.6) is 17.2 Å². The Balaban J connectivity index is 1.46. The number of carbonyl (C=O) groups excluding carboxylic acids is 3. The lowest BCUT2D eigenvalue weighted by atomic mass is 10.2. The second-order valence-electron chi connectivity index (χ2n) is 7.75. The fourth-order valence-corrected chi connectivity index (χ4v) is 3.26. The van der Waals surface area contributed by atoms with E-state index in [1.165, 1.54) is 18.3 Å². The number of hydrogen-bond donors (Lipinski definition) is 1. The van der Waals surface area contributed by atoms with Crippen LogP contribution in [0.2, 0.25) is 5.02 Å². The van der Waals surface area contributed by atoms with Gasteiger partial charge in [-0.3, -0.25) is 4.79 Å². The molecule has 4 aromatic rings. The van der Waals surface area contributed by atoms with Gasteiger partial charge in [0.05, 0.1) is 17.3 Å². The molecular formula is C29H21ClN2O6. The predicted octanol–water partition coefficient (Wildman–Crippen LogP) is 5.31. The Bertz CT molecular complexity index is 1440. The third-order valence-electron chi connectivity index (χ3n) is 4.99. The van der Waals surface area contributed by atoms with E-state index in [0.717, 1.165) is 0 Å². The van der Waals surface area contributed by atoms with E-state index in [4.69, 9.17) is 25.8 Å². The smallest absolute Gasteiger partial charge is 0.343 e. The summed E-state index contributed by atoms with van der Waals surface area (Å²) in [5.41, 5.74) is 3.40. The van der Waals surface area contributed by atoms with Crippen LogP contribution in [0.4, 0.5) is 0 Å². The molecule has 4 aromatic carbocycles. The molecule has 38 heavy (non-hydrogen) atoms. The van der Waals surface area contributed by atoms with Crippen molar-refractivity contribution in [3.63, 3.8) is 0 Å². The van der Waals surface area contributed by atoms with E-state index in [9.17, 15) is 14.4 Å². The SMILES string of the molecule is O=C(COc1ccc(Cl)cc1)N/N=C\c1ccc(OC(=O)c2ccccc2)cc1OC(=O)c1ccccc1. The number of hydrazone groups is 1. The molecule has 0 aliphatic carbocycles. The number of benzene rings is 4. The van der Waals surface area contributed by atoms with Gasteiger partial charge in [0.2, 0.25) is 0 Å². The summed E-state index contributed by atoms with van der Waals surface area (Å²) in [7, 11) is 0. The van der Waals surface area contributed by atoms with Crippen molar-refractivity contribution in [3.8, 4) is 17.2 Å². The highest BCUT2D eigenvalue weighted by molar-refractivity contribution is 6.30. The predicted molar refractivity (Wildman–Crippen MR) is 142 cm³/mol. The number of rotatable bonds is 9. The molecule has 1 N–H and O–H groups in total. The van der Waals surface area contributed by atoms with Crippen LogP contribution in [-0.2, 0) is 4.79 Å². The molecule has 0 fully saturated rings. The monoisotopic (exact) mass is 528 g/mol. The molecular weight excluding hydrogens is 508 g/mol. The van der Waals surface area contributed by atoms with Crippen LogP contribution in [0.1, 0.15) is 26.3 Å². The molecule has 8 nitrogen and oxygen atoms in total. The molecule has 190 valence electrons. The minimum Gasteiger partial charge on any atom is -0.484 e. The van der Waals surface area contributed by atoms with Crippen molar-refractivity contribution in [3.05, 3.63) is 125 Å². The van der Waals surface area contributed by atoms with E-state index >= 15 is 0 Å². The Morgan fingerprint density at radius 3 is 1.95 bits per heavy atom. The largest absolute Gasteiger partial charge is 0.484 e. The van der Waals surface area contributed by atoms with Gasteiger partial charge in [-0.05, 0) is 60.7 Å². The molecule has 0 aromatic heterocycles. The summed E-state index contributed by atoms with van der Waals surface area (Å²) in [5, 5.41) is 4.47. The number of halogens is 1. The Labute approximate surface area is 223 Å². The standard InChI is InChI=1S/C29H21ClN2O6/c30-23-12-15-24(16-13-23)36-19-27(33)32-31-18-22-11-14-25(37-28(34)20-7-3-1-4-8-20)17-26(22)38-29(35)21-9-5-2-6-10-21/h1-18H,19H2,(H,32,33)/b31-18-. The number of esters is 2. The lowest BCUT2D eigenvalue weighted by Crippen LogP contribution is -2.24. The molecule has 4 rings (SSSR count). The van der Waals surface area contributed by atoms with Crippen LogP contribution >= 0.6 is 11.6 Å². The molecule has 0 radical (unpaired) electrons. The molecule has 1 amide bonds.